The normalized spacial score (nSPS) is 10.8. The summed E-state index contributed by atoms with van der Waals surface area (Å²) in [6.45, 7) is 3.17. The maximum absolute atomic E-state index is 14.3. The van der Waals surface area contributed by atoms with Crippen molar-refractivity contribution in [3.05, 3.63) is 40.5 Å². The summed E-state index contributed by atoms with van der Waals surface area (Å²) in [6, 6.07) is 5.37. The van der Waals surface area contributed by atoms with Gasteiger partial charge in [0.05, 0.1) is 17.8 Å². The van der Waals surface area contributed by atoms with Gasteiger partial charge in [-0.1, -0.05) is 31.9 Å². The van der Waals surface area contributed by atoms with Crippen molar-refractivity contribution in [3.8, 4) is 11.3 Å². The Hall–Kier alpha value is -1.26. The highest BCUT2D eigenvalue weighted by atomic mass is 32.1. The smallest absolute Gasteiger partial charge is 0.138 e. The molecule has 102 valence electrons. The summed E-state index contributed by atoms with van der Waals surface area (Å²) in [7, 11) is 0. The number of hydrogen-bond donors (Lipinski definition) is 0. The molecule has 4 heteroatoms. The number of aromatic nitrogens is 1. The van der Waals surface area contributed by atoms with Gasteiger partial charge in [0, 0.05) is 23.1 Å². The second-order valence-electron chi connectivity index (χ2n) is 4.41. The van der Waals surface area contributed by atoms with Gasteiger partial charge in [-0.2, -0.15) is 0 Å². The van der Waals surface area contributed by atoms with Crippen LogP contribution < -0.4 is 0 Å². The molecular formula is C15H18FNOS. The summed E-state index contributed by atoms with van der Waals surface area (Å²) in [5.74, 6) is -0.219. The molecular weight excluding hydrogens is 261 g/mol. The van der Waals surface area contributed by atoms with Gasteiger partial charge in [-0.3, -0.25) is 0 Å². The summed E-state index contributed by atoms with van der Waals surface area (Å²) in [5.41, 5.74) is 3.55. The molecule has 2 nitrogen and oxygen atoms in total. The van der Waals surface area contributed by atoms with Gasteiger partial charge >= 0.3 is 0 Å². The highest BCUT2D eigenvalue weighted by Crippen LogP contribution is 2.25. The number of nitrogens with zero attached hydrogens (tertiary/aromatic N) is 1. The van der Waals surface area contributed by atoms with Gasteiger partial charge in [0.2, 0.25) is 0 Å². The predicted molar refractivity (Wildman–Crippen MR) is 76.7 cm³/mol. The third-order valence-electron chi connectivity index (χ3n) is 2.94. The van der Waals surface area contributed by atoms with E-state index in [1.807, 2.05) is 11.4 Å². The van der Waals surface area contributed by atoms with Crippen LogP contribution in [0.5, 0.6) is 0 Å². The zero-order valence-electron chi connectivity index (χ0n) is 11.1. The first kappa shape index (κ1) is 14.2. The van der Waals surface area contributed by atoms with E-state index in [2.05, 4.69) is 11.9 Å². The van der Waals surface area contributed by atoms with Crippen molar-refractivity contribution in [1.29, 1.82) is 0 Å². The van der Waals surface area contributed by atoms with Crippen LogP contribution in [0.3, 0.4) is 0 Å². The molecule has 0 saturated heterocycles. The van der Waals surface area contributed by atoms with E-state index in [0.717, 1.165) is 19.3 Å². The average molecular weight is 279 g/mol. The van der Waals surface area contributed by atoms with E-state index in [4.69, 9.17) is 4.74 Å². The quantitative estimate of drug-likeness (QED) is 0.688. The van der Waals surface area contributed by atoms with Crippen LogP contribution in [0.15, 0.2) is 29.1 Å². The van der Waals surface area contributed by atoms with Gasteiger partial charge in [0.25, 0.3) is 0 Å². The fourth-order valence-electron chi connectivity index (χ4n) is 1.87. The molecule has 19 heavy (non-hydrogen) atoms. The van der Waals surface area contributed by atoms with Crippen LogP contribution in [0.1, 0.15) is 31.7 Å². The SMILES string of the molecule is CCCCCOCc1cccc(-c2cscn2)c1F. The molecule has 0 unspecified atom stereocenters. The number of ether oxygens (including phenoxy) is 1. The van der Waals surface area contributed by atoms with Crippen molar-refractivity contribution >= 4 is 11.3 Å². The summed E-state index contributed by atoms with van der Waals surface area (Å²) >= 11 is 1.47. The zero-order chi connectivity index (χ0) is 13.5. The maximum Gasteiger partial charge on any atom is 0.138 e. The minimum absolute atomic E-state index is 0.219. The number of thiazole rings is 1. The summed E-state index contributed by atoms with van der Waals surface area (Å²) in [5, 5.41) is 1.85. The molecule has 0 aliphatic carbocycles. The van der Waals surface area contributed by atoms with Gasteiger partial charge in [0.1, 0.15) is 5.82 Å². The fourth-order valence-corrected chi connectivity index (χ4v) is 2.42. The Morgan fingerprint density at radius 3 is 2.95 bits per heavy atom. The zero-order valence-corrected chi connectivity index (χ0v) is 11.9. The lowest BCUT2D eigenvalue weighted by molar-refractivity contribution is 0.115. The van der Waals surface area contributed by atoms with E-state index in [1.54, 1.807) is 17.6 Å². The molecule has 1 heterocycles. The molecule has 0 spiro atoms. The van der Waals surface area contributed by atoms with Crippen LogP contribution in [0.4, 0.5) is 4.39 Å². The van der Waals surface area contributed by atoms with Crippen molar-refractivity contribution in [3.63, 3.8) is 0 Å². The maximum atomic E-state index is 14.3. The number of hydrogen-bond acceptors (Lipinski definition) is 3. The predicted octanol–water partition coefficient (Wildman–Crippen LogP) is 4.66. The van der Waals surface area contributed by atoms with Crippen LogP contribution in [-0.4, -0.2) is 11.6 Å². The van der Waals surface area contributed by atoms with E-state index >= 15 is 0 Å². The lowest BCUT2D eigenvalue weighted by atomic mass is 10.1. The number of rotatable bonds is 7. The Morgan fingerprint density at radius 1 is 1.32 bits per heavy atom. The highest BCUT2D eigenvalue weighted by Gasteiger charge is 2.11. The largest absolute Gasteiger partial charge is 0.377 e. The van der Waals surface area contributed by atoms with E-state index in [-0.39, 0.29) is 5.82 Å². The lowest BCUT2D eigenvalue weighted by Gasteiger charge is -2.08. The summed E-state index contributed by atoms with van der Waals surface area (Å²) in [4.78, 5) is 4.15. The number of halogens is 1. The highest BCUT2D eigenvalue weighted by molar-refractivity contribution is 7.07. The first-order chi connectivity index (χ1) is 9.33. The van der Waals surface area contributed by atoms with Gasteiger partial charge in [-0.05, 0) is 12.5 Å². The first-order valence-electron chi connectivity index (χ1n) is 6.56. The Labute approximate surface area is 117 Å². The van der Waals surface area contributed by atoms with Crippen LogP contribution in [-0.2, 0) is 11.3 Å². The van der Waals surface area contributed by atoms with Gasteiger partial charge < -0.3 is 4.74 Å². The minimum atomic E-state index is -0.219. The van der Waals surface area contributed by atoms with Crippen molar-refractivity contribution in [2.45, 2.75) is 32.8 Å². The molecule has 0 radical (unpaired) electrons. The molecule has 0 N–H and O–H groups in total. The molecule has 2 rings (SSSR count). The van der Waals surface area contributed by atoms with Crippen LogP contribution >= 0.6 is 11.3 Å². The molecule has 0 atom stereocenters. The average Bonchev–Trinajstić information content (AvgIpc) is 2.94. The Bertz CT molecular complexity index is 499. The van der Waals surface area contributed by atoms with Crippen LogP contribution in [0.25, 0.3) is 11.3 Å². The topological polar surface area (TPSA) is 22.1 Å². The number of benzene rings is 1. The molecule has 0 amide bonds. The van der Waals surface area contributed by atoms with Crippen LogP contribution in [0, 0.1) is 5.82 Å². The van der Waals surface area contributed by atoms with Crippen molar-refractivity contribution in [2.24, 2.45) is 0 Å². The standard InChI is InChI=1S/C15H18FNOS/c1-2-3-4-8-18-9-12-6-5-7-13(15(12)16)14-10-19-11-17-14/h5-7,10-11H,2-4,8-9H2,1H3. The third-order valence-corrected chi connectivity index (χ3v) is 3.52. The van der Waals surface area contributed by atoms with Gasteiger partial charge in [0.15, 0.2) is 0 Å². The second kappa shape index (κ2) is 7.36. The molecule has 0 aliphatic heterocycles. The summed E-state index contributed by atoms with van der Waals surface area (Å²) in [6.07, 6.45) is 3.35. The molecule has 1 aromatic carbocycles. The lowest BCUT2D eigenvalue weighted by Crippen LogP contribution is -1.99. The van der Waals surface area contributed by atoms with E-state index in [0.29, 0.717) is 30.0 Å². The van der Waals surface area contributed by atoms with Crippen LogP contribution in [0.2, 0.25) is 0 Å². The molecule has 0 fully saturated rings. The Balaban J connectivity index is 2.00. The Kier molecular flexibility index (Phi) is 5.48. The molecule has 2 aromatic rings. The molecule has 1 aromatic heterocycles. The monoisotopic (exact) mass is 279 g/mol. The molecule has 0 bridgehead atoms. The van der Waals surface area contributed by atoms with Crippen molar-refractivity contribution in [1.82, 2.24) is 4.98 Å². The van der Waals surface area contributed by atoms with Crippen molar-refractivity contribution < 1.29 is 9.13 Å². The number of unbranched alkanes of at least 4 members (excludes halogenated alkanes) is 2. The summed E-state index contributed by atoms with van der Waals surface area (Å²) < 4.78 is 19.8. The molecule has 0 saturated carbocycles. The first-order valence-corrected chi connectivity index (χ1v) is 7.51. The van der Waals surface area contributed by atoms with Gasteiger partial charge in [-0.25, -0.2) is 9.37 Å². The van der Waals surface area contributed by atoms with Gasteiger partial charge in [-0.15, -0.1) is 11.3 Å². The van der Waals surface area contributed by atoms with E-state index in [1.165, 1.54) is 11.3 Å². The van der Waals surface area contributed by atoms with E-state index < -0.39 is 0 Å². The molecule has 0 aliphatic rings. The third kappa shape index (κ3) is 3.85. The Morgan fingerprint density at radius 2 is 2.21 bits per heavy atom. The van der Waals surface area contributed by atoms with Crippen molar-refractivity contribution in [2.75, 3.05) is 6.61 Å². The minimum Gasteiger partial charge on any atom is -0.377 e. The second-order valence-corrected chi connectivity index (χ2v) is 5.13. The fraction of sp³-hybridized carbons (Fsp3) is 0.400. The van der Waals surface area contributed by atoms with E-state index in [9.17, 15) is 4.39 Å².